The van der Waals surface area contributed by atoms with Crippen LogP contribution in [0.25, 0.3) is 21.5 Å². The number of fused-ring (bicyclic) bond motifs is 2. The Balaban J connectivity index is 1.25. The zero-order chi connectivity index (χ0) is 19.1. The summed E-state index contributed by atoms with van der Waals surface area (Å²) < 4.78 is 0. The number of hydrogen-bond donors (Lipinski definition) is 3. The third-order valence-electron chi connectivity index (χ3n) is 5.60. The van der Waals surface area contributed by atoms with Crippen LogP contribution in [0.2, 0.25) is 0 Å². The molecule has 6 nitrogen and oxygen atoms in total. The molecule has 0 aliphatic heterocycles. The Labute approximate surface area is 167 Å². The van der Waals surface area contributed by atoms with Crippen molar-refractivity contribution in [2.24, 2.45) is 11.7 Å². The highest BCUT2D eigenvalue weighted by Crippen LogP contribution is 2.31. The third-order valence-corrected chi connectivity index (χ3v) is 6.53. The standard InChI is InChI=1S/C21H22N6S/c1-12-17-10-15(6-7-19(17)25-24-12)20-26-27-21(28-20)23-11-18(22)16-8-13-4-2-3-5-14(13)9-16/h2-7,10,16,18H,8-9,11,22H2,1H3,(H,23,27)(H,24,25)/t18-/m1/s1. The third kappa shape index (κ3) is 3.16. The maximum absolute atomic E-state index is 6.47. The Hall–Kier alpha value is -2.77. The minimum absolute atomic E-state index is 0.0877. The number of hydrogen-bond acceptors (Lipinski definition) is 6. The van der Waals surface area contributed by atoms with Gasteiger partial charge >= 0.3 is 0 Å². The first-order valence-corrected chi connectivity index (χ1v) is 10.3. The molecule has 2 aromatic carbocycles. The van der Waals surface area contributed by atoms with Gasteiger partial charge in [-0.15, -0.1) is 10.2 Å². The molecule has 1 atom stereocenters. The Morgan fingerprint density at radius 2 is 1.96 bits per heavy atom. The molecule has 4 aromatic rings. The maximum atomic E-state index is 6.47. The average Bonchev–Trinajstić information content (AvgIpc) is 3.44. The molecular weight excluding hydrogens is 368 g/mol. The molecule has 4 N–H and O–H groups in total. The number of aromatic nitrogens is 4. The van der Waals surface area contributed by atoms with E-state index in [2.05, 4.69) is 56.0 Å². The fourth-order valence-corrected chi connectivity index (χ4v) is 4.70. The first-order chi connectivity index (χ1) is 13.7. The summed E-state index contributed by atoms with van der Waals surface area (Å²) in [5, 5.41) is 22.1. The number of anilines is 1. The van der Waals surface area contributed by atoms with Crippen molar-refractivity contribution in [2.45, 2.75) is 25.8 Å². The predicted octanol–water partition coefficient (Wildman–Crippen LogP) is 3.54. The van der Waals surface area contributed by atoms with Crippen LogP contribution in [0.1, 0.15) is 16.8 Å². The van der Waals surface area contributed by atoms with Crippen LogP contribution in [0.5, 0.6) is 0 Å². The molecule has 1 aliphatic carbocycles. The van der Waals surface area contributed by atoms with Crippen molar-refractivity contribution in [1.29, 1.82) is 0 Å². The summed E-state index contributed by atoms with van der Waals surface area (Å²) in [6.07, 6.45) is 2.12. The molecule has 28 heavy (non-hydrogen) atoms. The van der Waals surface area contributed by atoms with Crippen molar-refractivity contribution >= 4 is 27.4 Å². The molecule has 0 unspecified atom stereocenters. The molecule has 2 aromatic heterocycles. The lowest BCUT2D eigenvalue weighted by molar-refractivity contribution is 0.454. The summed E-state index contributed by atoms with van der Waals surface area (Å²) in [5.74, 6) is 0.476. The minimum Gasteiger partial charge on any atom is -0.359 e. The van der Waals surface area contributed by atoms with Crippen molar-refractivity contribution < 1.29 is 0 Å². The van der Waals surface area contributed by atoms with Crippen molar-refractivity contribution in [2.75, 3.05) is 11.9 Å². The Kier molecular flexibility index (Phi) is 4.33. The van der Waals surface area contributed by atoms with Crippen LogP contribution < -0.4 is 11.1 Å². The lowest BCUT2D eigenvalue weighted by atomic mass is 9.97. The first kappa shape index (κ1) is 17.3. The average molecular weight is 391 g/mol. The summed E-state index contributed by atoms with van der Waals surface area (Å²) in [6.45, 7) is 2.70. The number of benzene rings is 2. The van der Waals surface area contributed by atoms with Gasteiger partial charge in [-0.1, -0.05) is 35.6 Å². The largest absolute Gasteiger partial charge is 0.359 e. The highest BCUT2D eigenvalue weighted by molar-refractivity contribution is 7.18. The molecular formula is C21H22N6S. The predicted molar refractivity (Wildman–Crippen MR) is 114 cm³/mol. The zero-order valence-corrected chi connectivity index (χ0v) is 16.5. The Morgan fingerprint density at radius 1 is 1.18 bits per heavy atom. The topological polar surface area (TPSA) is 92.5 Å². The fraction of sp³-hybridized carbons (Fsp3) is 0.286. The number of H-pyrrole nitrogens is 1. The number of nitrogens with two attached hydrogens (primary N) is 1. The number of nitrogens with zero attached hydrogens (tertiary/aromatic N) is 3. The van der Waals surface area contributed by atoms with Gasteiger partial charge in [0, 0.05) is 23.5 Å². The van der Waals surface area contributed by atoms with Crippen LogP contribution in [0.3, 0.4) is 0 Å². The first-order valence-electron chi connectivity index (χ1n) is 9.52. The Bertz CT molecular complexity index is 1110. The lowest BCUT2D eigenvalue weighted by Gasteiger charge is -2.18. The van der Waals surface area contributed by atoms with E-state index in [4.69, 9.17) is 5.73 Å². The second-order valence-electron chi connectivity index (χ2n) is 7.46. The number of rotatable bonds is 5. The van der Waals surface area contributed by atoms with Gasteiger partial charge in [0.05, 0.1) is 11.2 Å². The van der Waals surface area contributed by atoms with Crippen molar-refractivity contribution in [3.8, 4) is 10.6 Å². The summed E-state index contributed by atoms with van der Waals surface area (Å²) in [4.78, 5) is 0. The fourth-order valence-electron chi connectivity index (χ4n) is 3.96. The molecule has 7 heteroatoms. The molecule has 2 heterocycles. The molecule has 0 saturated carbocycles. The number of aromatic amines is 1. The van der Waals surface area contributed by atoms with Gasteiger partial charge in [0.25, 0.3) is 0 Å². The van der Waals surface area contributed by atoms with E-state index >= 15 is 0 Å². The van der Waals surface area contributed by atoms with E-state index in [-0.39, 0.29) is 6.04 Å². The van der Waals surface area contributed by atoms with Gasteiger partial charge in [-0.3, -0.25) is 5.10 Å². The zero-order valence-electron chi connectivity index (χ0n) is 15.6. The van der Waals surface area contributed by atoms with Gasteiger partial charge < -0.3 is 11.1 Å². The van der Waals surface area contributed by atoms with E-state index in [0.717, 1.165) is 45.1 Å². The van der Waals surface area contributed by atoms with E-state index < -0.39 is 0 Å². The summed E-state index contributed by atoms with van der Waals surface area (Å²) in [6, 6.07) is 14.9. The smallest absolute Gasteiger partial charge is 0.206 e. The summed E-state index contributed by atoms with van der Waals surface area (Å²) in [7, 11) is 0. The number of nitrogens with one attached hydrogen (secondary N) is 2. The van der Waals surface area contributed by atoms with Gasteiger partial charge in [0.2, 0.25) is 5.13 Å². The lowest BCUT2D eigenvalue weighted by Crippen LogP contribution is -2.37. The molecule has 0 amide bonds. The maximum Gasteiger partial charge on any atom is 0.206 e. The van der Waals surface area contributed by atoms with E-state index in [9.17, 15) is 0 Å². The normalized spacial score (nSPS) is 15.1. The van der Waals surface area contributed by atoms with E-state index in [1.165, 1.54) is 11.1 Å². The molecule has 0 radical (unpaired) electrons. The molecule has 0 fully saturated rings. The highest BCUT2D eigenvalue weighted by atomic mass is 32.1. The van der Waals surface area contributed by atoms with Crippen LogP contribution in [-0.4, -0.2) is 33.0 Å². The van der Waals surface area contributed by atoms with Crippen LogP contribution in [0, 0.1) is 12.8 Å². The minimum atomic E-state index is 0.0877. The summed E-state index contributed by atoms with van der Waals surface area (Å²) >= 11 is 1.56. The second kappa shape index (κ2) is 7.00. The van der Waals surface area contributed by atoms with Crippen LogP contribution in [0.4, 0.5) is 5.13 Å². The van der Waals surface area contributed by atoms with Gasteiger partial charge in [-0.2, -0.15) is 5.10 Å². The number of aryl methyl sites for hydroxylation is 1. The SMILES string of the molecule is Cc1n[nH]c2ccc(-c3nnc(NC[C@@H](N)C4Cc5ccccc5C4)s3)cc12. The van der Waals surface area contributed by atoms with Crippen molar-refractivity contribution in [1.82, 2.24) is 20.4 Å². The van der Waals surface area contributed by atoms with E-state index in [1.807, 2.05) is 19.1 Å². The van der Waals surface area contributed by atoms with E-state index in [1.54, 1.807) is 11.3 Å². The van der Waals surface area contributed by atoms with Crippen molar-refractivity contribution in [3.05, 3.63) is 59.3 Å². The van der Waals surface area contributed by atoms with Crippen LogP contribution in [-0.2, 0) is 12.8 Å². The molecule has 0 spiro atoms. The van der Waals surface area contributed by atoms with Gasteiger partial charge in [-0.25, -0.2) is 0 Å². The molecule has 0 saturated heterocycles. The van der Waals surface area contributed by atoms with Gasteiger partial charge in [0.1, 0.15) is 5.01 Å². The molecule has 1 aliphatic rings. The second-order valence-corrected chi connectivity index (χ2v) is 8.44. The molecule has 142 valence electrons. The quantitative estimate of drug-likeness (QED) is 0.485. The van der Waals surface area contributed by atoms with Crippen LogP contribution in [0.15, 0.2) is 42.5 Å². The Morgan fingerprint density at radius 3 is 2.75 bits per heavy atom. The van der Waals surface area contributed by atoms with Crippen LogP contribution >= 0.6 is 11.3 Å². The van der Waals surface area contributed by atoms with Gasteiger partial charge in [0.15, 0.2) is 0 Å². The highest BCUT2D eigenvalue weighted by Gasteiger charge is 2.26. The summed E-state index contributed by atoms with van der Waals surface area (Å²) in [5.41, 5.74) is 12.4. The van der Waals surface area contributed by atoms with Gasteiger partial charge in [-0.05, 0) is 55.0 Å². The van der Waals surface area contributed by atoms with Crippen molar-refractivity contribution in [3.63, 3.8) is 0 Å². The van der Waals surface area contributed by atoms with E-state index in [0.29, 0.717) is 12.5 Å². The molecule has 0 bridgehead atoms. The molecule has 5 rings (SSSR count). The monoisotopic (exact) mass is 390 g/mol.